The van der Waals surface area contributed by atoms with E-state index in [1.54, 1.807) is 0 Å². The Bertz CT molecular complexity index is 573. The number of anilines is 1. The van der Waals surface area contributed by atoms with Crippen LogP contribution < -0.4 is 5.01 Å². The van der Waals surface area contributed by atoms with E-state index in [0.29, 0.717) is 0 Å². The summed E-state index contributed by atoms with van der Waals surface area (Å²) < 4.78 is 4.12. The zero-order valence-corrected chi connectivity index (χ0v) is 10.0. The molecule has 0 fully saturated rings. The third-order valence-corrected chi connectivity index (χ3v) is 2.31. The van der Waals surface area contributed by atoms with Gasteiger partial charge in [-0.1, -0.05) is 5.16 Å². The van der Waals surface area contributed by atoms with Gasteiger partial charge in [-0.25, -0.2) is 14.7 Å². The van der Waals surface area contributed by atoms with Crippen molar-refractivity contribution in [3.05, 3.63) is 46.2 Å². The monoisotopic (exact) mass is 307 g/mol. The molecule has 1 heterocycles. The van der Waals surface area contributed by atoms with Crippen LogP contribution in [0.4, 0.5) is 5.82 Å². The van der Waals surface area contributed by atoms with E-state index in [9.17, 15) is 40.5 Å². The average Bonchev–Trinajstić information content (AvgIpc) is 2.74. The van der Waals surface area contributed by atoms with Crippen LogP contribution >= 0.6 is 0 Å². The third-order valence-electron chi connectivity index (χ3n) is 2.31. The fourth-order valence-corrected chi connectivity index (χ4v) is 1.25. The van der Waals surface area contributed by atoms with E-state index in [-0.39, 0.29) is 10.7 Å². The van der Waals surface area contributed by atoms with E-state index < -0.39 is 38.0 Å². The second kappa shape index (κ2) is 5.27. The van der Waals surface area contributed by atoms with Crippen LogP contribution in [0, 0.1) is 47.4 Å². The largest absolute Gasteiger partial charge is 0.723 e. The first-order chi connectivity index (χ1) is 9.64. The highest BCUT2D eigenvalue weighted by Gasteiger charge is 2.73. The third kappa shape index (κ3) is 2.48. The lowest BCUT2D eigenvalue weighted by Gasteiger charge is -2.13. The van der Waals surface area contributed by atoms with Gasteiger partial charge in [0.05, 0.1) is 0 Å². The molecule has 0 saturated heterocycles. The highest BCUT2D eigenvalue weighted by atomic mass is 16.7. The molecular formula is C5H5N7O9. The molecular weight excluding hydrogens is 302 g/mol. The first kappa shape index (κ1) is 15.6. The minimum Gasteiger partial charge on any atom is -0.253 e. The number of hydrogen-bond donors (Lipinski definition) is 0. The normalized spacial score (nSPS) is 10.9. The van der Waals surface area contributed by atoms with Crippen molar-refractivity contribution in [3.8, 4) is 0 Å². The Labute approximate surface area is 112 Å². The molecule has 0 amide bonds. The molecule has 0 spiro atoms. The number of nitro groups is 4. The van der Waals surface area contributed by atoms with Gasteiger partial charge in [-0.3, -0.25) is 30.3 Å². The van der Waals surface area contributed by atoms with E-state index in [1.807, 2.05) is 0 Å². The quantitative estimate of drug-likeness (QED) is 0.331. The van der Waals surface area contributed by atoms with Crippen LogP contribution in [0.3, 0.4) is 0 Å². The van der Waals surface area contributed by atoms with Crippen molar-refractivity contribution >= 4 is 5.82 Å². The van der Waals surface area contributed by atoms with Crippen molar-refractivity contribution in [2.24, 2.45) is 0 Å². The average molecular weight is 307 g/mol. The molecule has 1 aromatic rings. The Morgan fingerprint density at radius 3 is 1.81 bits per heavy atom. The van der Waals surface area contributed by atoms with Crippen LogP contribution in [0.5, 0.6) is 0 Å². The van der Waals surface area contributed by atoms with Gasteiger partial charge in [0.1, 0.15) is 5.69 Å². The number of aromatic nitrogens is 2. The van der Waals surface area contributed by atoms with Gasteiger partial charge in [-0.2, -0.15) is 0 Å². The summed E-state index contributed by atoms with van der Waals surface area (Å²) in [6.45, 7) is -0.670. The molecule has 1 rings (SSSR count). The molecule has 0 aliphatic rings. The van der Waals surface area contributed by atoms with Crippen LogP contribution in [-0.2, 0) is 0 Å². The Hall–Kier alpha value is -3.46. The molecule has 0 aromatic carbocycles. The minimum atomic E-state index is -4.04. The molecule has 0 atom stereocenters. The second-order valence-corrected chi connectivity index (χ2v) is 3.51. The molecule has 114 valence electrons. The van der Waals surface area contributed by atoms with Crippen molar-refractivity contribution < 1.29 is 24.4 Å². The van der Waals surface area contributed by atoms with Crippen LogP contribution in [0.15, 0.2) is 4.63 Å². The minimum absolute atomic E-state index is 0.240. The highest BCUT2D eigenvalue weighted by molar-refractivity contribution is 5.37. The SMILES string of the molecule is Cc1nonc1N(CC([N+](=O)[O-])([N+](=O)[O-])[N+](=O)[O-])[N+](=O)[O-]. The molecule has 0 aliphatic heterocycles. The fourth-order valence-electron chi connectivity index (χ4n) is 1.25. The van der Waals surface area contributed by atoms with Gasteiger partial charge < -0.3 is 0 Å². The van der Waals surface area contributed by atoms with Gasteiger partial charge in [-0.15, -0.1) is 0 Å². The summed E-state index contributed by atoms with van der Waals surface area (Å²) in [4.78, 5) is 37.5. The summed E-state index contributed by atoms with van der Waals surface area (Å²) in [7, 11) is 0. The Morgan fingerprint density at radius 1 is 1.05 bits per heavy atom. The van der Waals surface area contributed by atoms with Crippen LogP contribution in [0.1, 0.15) is 5.69 Å². The highest BCUT2D eigenvalue weighted by Crippen LogP contribution is 2.21. The number of hydrogen-bond acceptors (Lipinski definition) is 11. The Kier molecular flexibility index (Phi) is 3.91. The van der Waals surface area contributed by atoms with E-state index >= 15 is 0 Å². The standard InChI is InChI=1S/C5H5N7O9/c1-3-4(7-21-6-3)8(12(19)20)2-5(9(13)14,10(15)16)11(17)18/h2H2,1H3. The summed E-state index contributed by atoms with van der Waals surface area (Å²) >= 11 is 0. The second-order valence-electron chi connectivity index (χ2n) is 3.51. The number of nitrogens with zero attached hydrogens (tertiary/aromatic N) is 7. The maximum Gasteiger partial charge on any atom is 0.723 e. The van der Waals surface area contributed by atoms with Gasteiger partial charge in [0.15, 0.2) is 19.8 Å². The van der Waals surface area contributed by atoms with Gasteiger partial charge in [-0.05, 0) is 17.1 Å². The number of aryl methyl sites for hydroxylation is 1. The molecule has 1 aromatic heterocycles. The van der Waals surface area contributed by atoms with Crippen LogP contribution in [0.2, 0.25) is 0 Å². The first-order valence-electron chi connectivity index (χ1n) is 4.79. The molecule has 0 aliphatic carbocycles. The van der Waals surface area contributed by atoms with Gasteiger partial charge in [0.25, 0.3) is 5.82 Å². The lowest BCUT2D eigenvalue weighted by atomic mass is 10.3. The topological polar surface area (TPSA) is 215 Å². The lowest BCUT2D eigenvalue weighted by Crippen LogP contribution is -2.61. The van der Waals surface area contributed by atoms with E-state index in [0.717, 1.165) is 6.92 Å². The maximum atomic E-state index is 10.8. The van der Waals surface area contributed by atoms with Crippen molar-refractivity contribution in [2.45, 2.75) is 12.7 Å². The van der Waals surface area contributed by atoms with Crippen molar-refractivity contribution in [2.75, 3.05) is 11.6 Å². The Balaban J connectivity index is 3.37. The predicted octanol–water partition coefficient (Wildman–Crippen LogP) is -1.14. The molecule has 0 unspecified atom stereocenters. The predicted molar refractivity (Wildman–Crippen MR) is 57.1 cm³/mol. The number of hydrazine groups is 1. The van der Waals surface area contributed by atoms with Crippen LogP contribution in [-0.4, -0.2) is 42.4 Å². The maximum absolute atomic E-state index is 10.8. The Morgan fingerprint density at radius 2 is 1.52 bits per heavy atom. The van der Waals surface area contributed by atoms with Gasteiger partial charge in [0, 0.05) is 0 Å². The summed E-state index contributed by atoms with van der Waals surface area (Å²) in [6, 6.07) is 0. The molecule has 16 heteroatoms. The fraction of sp³-hybridized carbons (Fsp3) is 0.600. The summed E-state index contributed by atoms with van der Waals surface area (Å²) in [5.41, 5.74) is -0.240. The lowest BCUT2D eigenvalue weighted by molar-refractivity contribution is -0.967. The van der Waals surface area contributed by atoms with Crippen LogP contribution in [0.25, 0.3) is 0 Å². The van der Waals surface area contributed by atoms with E-state index in [4.69, 9.17) is 0 Å². The molecule has 21 heavy (non-hydrogen) atoms. The summed E-state index contributed by atoms with van der Waals surface area (Å²) in [6.07, 6.45) is 0. The number of rotatable bonds is 7. The van der Waals surface area contributed by atoms with Crippen molar-refractivity contribution in [1.29, 1.82) is 0 Å². The molecule has 0 radical (unpaired) electrons. The van der Waals surface area contributed by atoms with E-state index in [1.165, 1.54) is 0 Å². The zero-order valence-electron chi connectivity index (χ0n) is 10.0. The molecule has 0 saturated carbocycles. The van der Waals surface area contributed by atoms with Crippen molar-refractivity contribution in [1.82, 2.24) is 10.3 Å². The van der Waals surface area contributed by atoms with Gasteiger partial charge >= 0.3 is 12.3 Å². The molecule has 16 nitrogen and oxygen atoms in total. The molecule has 0 N–H and O–H groups in total. The molecule has 0 bridgehead atoms. The van der Waals surface area contributed by atoms with Gasteiger partial charge in [0.2, 0.25) is 0 Å². The van der Waals surface area contributed by atoms with E-state index in [2.05, 4.69) is 14.9 Å². The zero-order chi connectivity index (χ0) is 16.4. The summed E-state index contributed by atoms with van der Waals surface area (Å²) in [5.74, 6) is -4.77. The first-order valence-corrected chi connectivity index (χ1v) is 4.79. The summed E-state index contributed by atoms with van der Waals surface area (Å²) in [5, 5.41) is 47.6. The smallest absolute Gasteiger partial charge is 0.253 e. The van der Waals surface area contributed by atoms with Crippen molar-refractivity contribution in [3.63, 3.8) is 0 Å².